The Balaban J connectivity index is 1.88. The summed E-state index contributed by atoms with van der Waals surface area (Å²) in [5.74, 6) is -1.04. The van der Waals surface area contributed by atoms with Crippen molar-refractivity contribution in [2.75, 3.05) is 5.43 Å². The molecule has 0 aliphatic rings. The van der Waals surface area contributed by atoms with Crippen LogP contribution in [0.15, 0.2) is 59.7 Å². The summed E-state index contributed by atoms with van der Waals surface area (Å²) < 4.78 is 2.02. The Morgan fingerprint density at radius 1 is 1.15 bits per heavy atom. The number of nitrogens with one attached hydrogen (secondary N) is 1. The fourth-order valence-corrected chi connectivity index (χ4v) is 3.08. The molecule has 0 unspecified atom stereocenters. The predicted molar refractivity (Wildman–Crippen MR) is 105 cm³/mol. The van der Waals surface area contributed by atoms with Gasteiger partial charge in [0, 0.05) is 22.6 Å². The maximum absolute atomic E-state index is 11.1. The summed E-state index contributed by atoms with van der Waals surface area (Å²) in [6.45, 7) is 3.96. The molecule has 0 bridgehead atoms. The molecule has 0 saturated carbocycles. The van der Waals surface area contributed by atoms with Crippen molar-refractivity contribution in [3.8, 4) is 5.69 Å². The van der Waals surface area contributed by atoms with Crippen LogP contribution in [0.1, 0.15) is 27.3 Å². The van der Waals surface area contributed by atoms with Gasteiger partial charge >= 0.3 is 5.97 Å². The summed E-state index contributed by atoms with van der Waals surface area (Å²) in [5, 5.41) is 13.6. The number of benzene rings is 2. The van der Waals surface area contributed by atoms with Crippen LogP contribution in [0, 0.1) is 13.8 Å². The minimum atomic E-state index is -1.04. The first-order valence-corrected chi connectivity index (χ1v) is 8.41. The number of para-hydroxylation sites is 1. The molecule has 3 rings (SSSR count). The molecule has 1 aromatic heterocycles. The van der Waals surface area contributed by atoms with Crippen molar-refractivity contribution >= 4 is 29.5 Å². The van der Waals surface area contributed by atoms with Gasteiger partial charge in [-0.25, -0.2) is 4.79 Å². The van der Waals surface area contributed by atoms with E-state index < -0.39 is 5.97 Å². The van der Waals surface area contributed by atoms with Crippen molar-refractivity contribution in [1.82, 2.24) is 4.57 Å². The third kappa shape index (κ3) is 3.63. The van der Waals surface area contributed by atoms with Crippen LogP contribution in [0.5, 0.6) is 0 Å². The van der Waals surface area contributed by atoms with Crippen LogP contribution >= 0.6 is 11.6 Å². The second-order valence-corrected chi connectivity index (χ2v) is 6.27. The van der Waals surface area contributed by atoms with Gasteiger partial charge in [0.1, 0.15) is 0 Å². The molecule has 26 heavy (non-hydrogen) atoms. The van der Waals surface area contributed by atoms with Crippen LogP contribution in [0.4, 0.5) is 5.69 Å². The second kappa shape index (κ2) is 7.45. The number of aromatic carboxylic acids is 1. The van der Waals surface area contributed by atoms with Crippen molar-refractivity contribution in [3.05, 3.63) is 82.1 Å². The zero-order valence-corrected chi connectivity index (χ0v) is 15.2. The Morgan fingerprint density at radius 2 is 1.88 bits per heavy atom. The first-order valence-electron chi connectivity index (χ1n) is 8.03. The molecule has 6 heteroatoms. The lowest BCUT2D eigenvalue weighted by atomic mass is 10.2. The SMILES string of the molecule is Cc1cc(/C=N\Nc2ccccc2)c(C)n1-c1ccc(C(=O)O)c(Cl)c1. The van der Waals surface area contributed by atoms with Crippen molar-refractivity contribution < 1.29 is 9.90 Å². The number of hydrogen-bond acceptors (Lipinski definition) is 3. The van der Waals surface area contributed by atoms with E-state index in [9.17, 15) is 4.79 Å². The molecule has 0 saturated heterocycles. The highest BCUT2D eigenvalue weighted by molar-refractivity contribution is 6.33. The van der Waals surface area contributed by atoms with Crippen molar-refractivity contribution in [3.63, 3.8) is 0 Å². The highest BCUT2D eigenvalue weighted by Crippen LogP contribution is 2.25. The summed E-state index contributed by atoms with van der Waals surface area (Å²) >= 11 is 6.11. The number of aryl methyl sites for hydroxylation is 1. The van der Waals surface area contributed by atoms with Gasteiger partial charge in [0.25, 0.3) is 0 Å². The fourth-order valence-electron chi connectivity index (χ4n) is 2.82. The molecule has 0 amide bonds. The molecule has 132 valence electrons. The van der Waals surface area contributed by atoms with Crippen LogP contribution in [0.25, 0.3) is 5.69 Å². The Morgan fingerprint density at radius 3 is 2.54 bits per heavy atom. The van der Waals surface area contributed by atoms with E-state index in [0.717, 1.165) is 28.3 Å². The monoisotopic (exact) mass is 367 g/mol. The van der Waals surface area contributed by atoms with E-state index in [4.69, 9.17) is 16.7 Å². The average molecular weight is 368 g/mol. The predicted octanol–water partition coefficient (Wildman–Crippen LogP) is 4.89. The molecular weight excluding hydrogens is 350 g/mol. The topological polar surface area (TPSA) is 66.6 Å². The number of nitrogens with zero attached hydrogens (tertiary/aromatic N) is 2. The van der Waals surface area contributed by atoms with Gasteiger partial charge in [0.05, 0.1) is 22.5 Å². The Hall–Kier alpha value is -3.05. The van der Waals surface area contributed by atoms with E-state index in [1.54, 1.807) is 18.3 Å². The van der Waals surface area contributed by atoms with E-state index in [-0.39, 0.29) is 10.6 Å². The van der Waals surface area contributed by atoms with Crippen molar-refractivity contribution in [1.29, 1.82) is 0 Å². The van der Waals surface area contributed by atoms with Gasteiger partial charge in [-0.2, -0.15) is 5.10 Å². The molecule has 0 fully saturated rings. The summed E-state index contributed by atoms with van der Waals surface area (Å²) in [5.41, 5.74) is 7.75. The van der Waals surface area contributed by atoms with E-state index >= 15 is 0 Å². The highest BCUT2D eigenvalue weighted by Gasteiger charge is 2.13. The molecule has 0 radical (unpaired) electrons. The van der Waals surface area contributed by atoms with Gasteiger partial charge in [-0.3, -0.25) is 5.43 Å². The Bertz CT molecular complexity index is 978. The number of rotatable bonds is 5. The van der Waals surface area contributed by atoms with Gasteiger partial charge in [-0.1, -0.05) is 29.8 Å². The smallest absolute Gasteiger partial charge is 0.337 e. The number of anilines is 1. The molecule has 2 N–H and O–H groups in total. The zero-order valence-electron chi connectivity index (χ0n) is 14.4. The molecular formula is C20H18ClN3O2. The van der Waals surface area contributed by atoms with Crippen molar-refractivity contribution in [2.24, 2.45) is 5.10 Å². The molecule has 0 aliphatic carbocycles. The minimum Gasteiger partial charge on any atom is -0.478 e. The largest absolute Gasteiger partial charge is 0.478 e. The van der Waals surface area contributed by atoms with Crippen LogP contribution < -0.4 is 5.43 Å². The summed E-state index contributed by atoms with van der Waals surface area (Å²) in [6.07, 6.45) is 1.76. The third-order valence-corrected chi connectivity index (χ3v) is 4.40. The van der Waals surface area contributed by atoms with Crippen molar-refractivity contribution in [2.45, 2.75) is 13.8 Å². The highest BCUT2D eigenvalue weighted by atomic mass is 35.5. The Labute approximate surface area is 156 Å². The number of hydrazone groups is 1. The van der Waals surface area contributed by atoms with Gasteiger partial charge in [0.2, 0.25) is 0 Å². The van der Waals surface area contributed by atoms with Gasteiger partial charge in [0.15, 0.2) is 0 Å². The summed E-state index contributed by atoms with van der Waals surface area (Å²) in [4.78, 5) is 11.1. The third-order valence-electron chi connectivity index (χ3n) is 4.08. The maximum atomic E-state index is 11.1. The minimum absolute atomic E-state index is 0.0896. The lowest BCUT2D eigenvalue weighted by Crippen LogP contribution is -2.03. The summed E-state index contributed by atoms with van der Waals surface area (Å²) in [6, 6.07) is 16.6. The van der Waals surface area contributed by atoms with Crippen LogP contribution in [-0.4, -0.2) is 21.9 Å². The van der Waals surface area contributed by atoms with Crippen LogP contribution in [0.3, 0.4) is 0 Å². The number of halogens is 1. The Kier molecular flexibility index (Phi) is 5.09. The molecule has 0 spiro atoms. The number of carbonyl (C=O) groups is 1. The average Bonchev–Trinajstić information content (AvgIpc) is 2.89. The standard InChI is InChI=1S/C20H18ClN3O2/c1-13-10-15(12-22-23-16-6-4-3-5-7-16)14(2)24(13)17-8-9-18(20(25)26)19(21)11-17/h3-12,23H,1-2H3,(H,25,26)/b22-12-. The van der Waals surface area contributed by atoms with Crippen LogP contribution in [0.2, 0.25) is 5.02 Å². The quantitative estimate of drug-likeness (QED) is 0.498. The maximum Gasteiger partial charge on any atom is 0.337 e. The van der Waals surface area contributed by atoms with Crippen LogP contribution in [-0.2, 0) is 0 Å². The number of hydrogen-bond donors (Lipinski definition) is 2. The molecule has 3 aromatic rings. The summed E-state index contributed by atoms with van der Waals surface area (Å²) in [7, 11) is 0. The van der Waals surface area contributed by atoms with E-state index in [1.807, 2.05) is 54.8 Å². The lowest BCUT2D eigenvalue weighted by Gasteiger charge is -2.11. The number of carboxylic acids is 1. The van der Waals surface area contributed by atoms with Gasteiger partial charge in [-0.05, 0) is 50.2 Å². The molecule has 2 aromatic carbocycles. The second-order valence-electron chi connectivity index (χ2n) is 5.87. The van der Waals surface area contributed by atoms with E-state index in [0.29, 0.717) is 0 Å². The molecule has 0 aliphatic heterocycles. The van der Waals surface area contributed by atoms with Gasteiger partial charge < -0.3 is 9.67 Å². The number of aromatic nitrogens is 1. The van der Waals surface area contributed by atoms with E-state index in [1.165, 1.54) is 6.07 Å². The zero-order chi connectivity index (χ0) is 18.7. The molecule has 1 heterocycles. The number of carboxylic acid groups (broad SMARTS) is 1. The first-order chi connectivity index (χ1) is 12.5. The molecule has 0 atom stereocenters. The van der Waals surface area contributed by atoms with Gasteiger partial charge in [-0.15, -0.1) is 0 Å². The first kappa shape index (κ1) is 17.8. The normalized spacial score (nSPS) is 11.0. The van der Waals surface area contributed by atoms with E-state index in [2.05, 4.69) is 10.5 Å². The lowest BCUT2D eigenvalue weighted by molar-refractivity contribution is 0.0697. The fraction of sp³-hybridized carbons (Fsp3) is 0.100. The molecule has 5 nitrogen and oxygen atoms in total.